The molecule has 1 fully saturated rings. The summed E-state index contributed by atoms with van der Waals surface area (Å²) in [6, 6.07) is 11.0. The lowest BCUT2D eigenvalue weighted by Gasteiger charge is -2.29. The lowest BCUT2D eigenvalue weighted by molar-refractivity contribution is -0.136. The number of alkyl halides is 3. The third kappa shape index (κ3) is 3.67. The zero-order valence-corrected chi connectivity index (χ0v) is 19.0. The highest BCUT2D eigenvalue weighted by atomic mass is 28.2. The molecule has 0 unspecified atom stereocenters. The maximum Gasteiger partial charge on any atom is 0.420 e. The molecule has 2 atom stereocenters. The van der Waals surface area contributed by atoms with E-state index >= 15 is 0 Å². The molecule has 0 spiro atoms. The van der Waals surface area contributed by atoms with Crippen LogP contribution in [0, 0.1) is 5.92 Å². The SMILES string of the molecule is C[C@@H]1C[Si][C@](c2cccc(-c3nc4cc(CO)cc(C(F)(F)F)c4o3)c2)(c2nncn2C)C1. The second kappa shape index (κ2) is 7.81. The number of oxazole rings is 1. The van der Waals surface area contributed by atoms with E-state index in [1.165, 1.54) is 6.07 Å². The van der Waals surface area contributed by atoms with Crippen molar-refractivity contribution in [2.45, 2.75) is 37.2 Å². The van der Waals surface area contributed by atoms with Crippen LogP contribution in [-0.2, 0) is 24.9 Å². The summed E-state index contributed by atoms with van der Waals surface area (Å²) in [5.74, 6) is 1.50. The molecule has 2 aromatic carbocycles. The summed E-state index contributed by atoms with van der Waals surface area (Å²) in [6.45, 7) is 1.70. The minimum Gasteiger partial charge on any atom is -0.435 e. The molecule has 0 amide bonds. The second-order valence-electron chi connectivity index (χ2n) is 8.61. The number of nitrogens with zero attached hydrogens (tertiary/aromatic N) is 4. The molecule has 5 rings (SSSR count). The van der Waals surface area contributed by atoms with E-state index in [0.717, 1.165) is 29.9 Å². The van der Waals surface area contributed by atoms with Crippen LogP contribution < -0.4 is 0 Å². The van der Waals surface area contributed by atoms with Gasteiger partial charge in [0.1, 0.15) is 23.2 Å². The number of aliphatic hydroxyl groups excluding tert-OH is 1. The number of benzene rings is 2. The Balaban J connectivity index is 1.65. The number of aryl methyl sites for hydroxylation is 1. The molecule has 1 saturated heterocycles. The van der Waals surface area contributed by atoms with Crippen molar-refractivity contribution in [3.8, 4) is 11.5 Å². The first kappa shape index (κ1) is 21.8. The van der Waals surface area contributed by atoms with Gasteiger partial charge in [0.15, 0.2) is 5.58 Å². The van der Waals surface area contributed by atoms with Crippen LogP contribution >= 0.6 is 0 Å². The van der Waals surface area contributed by atoms with Crippen molar-refractivity contribution in [3.05, 3.63) is 65.2 Å². The van der Waals surface area contributed by atoms with Crippen LogP contribution in [0.5, 0.6) is 0 Å². The molecule has 10 heteroatoms. The fourth-order valence-electron chi connectivity index (χ4n) is 4.64. The van der Waals surface area contributed by atoms with Crippen LogP contribution in [0.15, 0.2) is 47.1 Å². The molecular weight excluding hydrogens is 449 g/mol. The van der Waals surface area contributed by atoms with Gasteiger partial charge in [0, 0.05) is 17.6 Å². The van der Waals surface area contributed by atoms with Gasteiger partial charge in [-0.15, -0.1) is 10.2 Å². The van der Waals surface area contributed by atoms with Gasteiger partial charge in [-0.3, -0.25) is 0 Å². The maximum atomic E-state index is 13.6. The van der Waals surface area contributed by atoms with Gasteiger partial charge in [-0.05, 0) is 47.7 Å². The zero-order valence-electron chi connectivity index (χ0n) is 18.0. The van der Waals surface area contributed by atoms with Crippen LogP contribution in [0.25, 0.3) is 22.6 Å². The standard InChI is InChI=1S/C23H21F3N4O2Si/c1-13-9-22(33-11-13,21-29-27-12-30(21)2)16-5-3-4-15(8-16)20-28-18-7-14(10-31)6-17(19(18)32-20)23(24,25)26/h3-8,12-13,31H,9-11H2,1-2H3/t13-,22+/m0/s1. The van der Waals surface area contributed by atoms with Gasteiger partial charge in [-0.25, -0.2) is 4.98 Å². The van der Waals surface area contributed by atoms with E-state index in [1.54, 1.807) is 12.4 Å². The predicted octanol–water partition coefficient (Wildman–Crippen LogP) is 4.54. The number of aromatic nitrogens is 4. The van der Waals surface area contributed by atoms with Gasteiger partial charge in [0.2, 0.25) is 5.89 Å². The Labute approximate surface area is 190 Å². The monoisotopic (exact) mass is 470 g/mol. The summed E-state index contributed by atoms with van der Waals surface area (Å²) in [7, 11) is 2.52. The van der Waals surface area contributed by atoms with Crippen molar-refractivity contribution in [2.75, 3.05) is 0 Å². The molecule has 6 nitrogen and oxygen atoms in total. The largest absolute Gasteiger partial charge is 0.435 e. The lowest BCUT2D eigenvalue weighted by Crippen LogP contribution is -2.33. The van der Waals surface area contributed by atoms with Gasteiger partial charge >= 0.3 is 6.18 Å². The summed E-state index contributed by atoms with van der Waals surface area (Å²) in [6.07, 6.45) is -2.03. The first-order valence-electron chi connectivity index (χ1n) is 10.5. The smallest absolute Gasteiger partial charge is 0.420 e. The predicted molar refractivity (Wildman–Crippen MR) is 116 cm³/mol. The number of hydrogen-bond acceptors (Lipinski definition) is 5. The van der Waals surface area contributed by atoms with Gasteiger partial charge < -0.3 is 14.1 Å². The van der Waals surface area contributed by atoms with Crippen molar-refractivity contribution < 1.29 is 22.7 Å². The fourth-order valence-corrected chi connectivity index (χ4v) is 6.72. The normalized spacial score (nSPS) is 21.2. The van der Waals surface area contributed by atoms with E-state index < -0.39 is 18.3 Å². The van der Waals surface area contributed by atoms with Crippen LogP contribution in [0.2, 0.25) is 6.04 Å². The van der Waals surface area contributed by atoms with Gasteiger partial charge in [-0.1, -0.05) is 25.1 Å². The molecule has 170 valence electrons. The summed E-state index contributed by atoms with van der Waals surface area (Å²) in [5.41, 5.74) is 0.529. The lowest BCUT2D eigenvalue weighted by atomic mass is 9.88. The molecular formula is C23H21F3N4O2Si. The van der Waals surface area contributed by atoms with E-state index in [-0.39, 0.29) is 27.6 Å². The average molecular weight is 471 g/mol. The molecule has 0 bridgehead atoms. The van der Waals surface area contributed by atoms with Gasteiger partial charge in [0.25, 0.3) is 0 Å². The van der Waals surface area contributed by atoms with Crippen LogP contribution in [0.1, 0.15) is 35.9 Å². The molecule has 2 aromatic heterocycles. The molecule has 4 aromatic rings. The Morgan fingerprint density at radius 3 is 2.73 bits per heavy atom. The molecule has 1 N–H and O–H groups in total. The highest BCUT2D eigenvalue weighted by molar-refractivity contribution is 6.42. The summed E-state index contributed by atoms with van der Waals surface area (Å²) >= 11 is 0. The van der Waals surface area contributed by atoms with Crippen LogP contribution in [-0.4, -0.2) is 34.4 Å². The number of aliphatic hydroxyl groups is 1. The summed E-state index contributed by atoms with van der Waals surface area (Å²) in [4.78, 5) is 4.34. The zero-order chi connectivity index (χ0) is 23.4. The van der Waals surface area contributed by atoms with Crippen LogP contribution in [0.4, 0.5) is 13.2 Å². The fraction of sp³-hybridized carbons (Fsp3) is 0.348. The van der Waals surface area contributed by atoms with Gasteiger partial charge in [0.05, 0.1) is 16.1 Å². The Morgan fingerprint density at radius 2 is 2.09 bits per heavy atom. The van der Waals surface area contributed by atoms with E-state index in [9.17, 15) is 18.3 Å². The molecule has 0 aliphatic carbocycles. The molecule has 33 heavy (non-hydrogen) atoms. The molecule has 0 saturated carbocycles. The van der Waals surface area contributed by atoms with Crippen molar-refractivity contribution in [2.24, 2.45) is 13.0 Å². The average Bonchev–Trinajstić information content (AvgIpc) is 3.50. The van der Waals surface area contributed by atoms with E-state index in [1.807, 2.05) is 29.8 Å². The Bertz CT molecular complexity index is 1330. The quantitative estimate of drug-likeness (QED) is 0.443. The minimum atomic E-state index is -4.63. The van der Waals surface area contributed by atoms with E-state index in [4.69, 9.17) is 4.42 Å². The molecule has 1 aliphatic rings. The molecule has 2 radical (unpaired) electrons. The Hall–Kier alpha value is -2.98. The summed E-state index contributed by atoms with van der Waals surface area (Å²) < 4.78 is 48.4. The van der Waals surface area contributed by atoms with Crippen molar-refractivity contribution >= 4 is 20.6 Å². The molecule has 1 aliphatic heterocycles. The first-order chi connectivity index (χ1) is 15.7. The number of rotatable bonds is 4. The molecule has 3 heterocycles. The van der Waals surface area contributed by atoms with E-state index in [0.29, 0.717) is 21.0 Å². The van der Waals surface area contributed by atoms with Gasteiger partial charge in [-0.2, -0.15) is 13.2 Å². The Morgan fingerprint density at radius 1 is 1.27 bits per heavy atom. The number of halogens is 3. The van der Waals surface area contributed by atoms with Crippen molar-refractivity contribution in [1.82, 2.24) is 19.7 Å². The number of hydrogen-bond donors (Lipinski definition) is 1. The Kier molecular flexibility index (Phi) is 5.17. The second-order valence-corrected chi connectivity index (χ2v) is 10.2. The van der Waals surface area contributed by atoms with E-state index in [2.05, 4.69) is 22.1 Å². The highest BCUT2D eigenvalue weighted by Crippen LogP contribution is 2.44. The van der Waals surface area contributed by atoms with Crippen molar-refractivity contribution in [3.63, 3.8) is 0 Å². The maximum absolute atomic E-state index is 13.6. The third-order valence-corrected chi connectivity index (χ3v) is 8.36. The highest BCUT2D eigenvalue weighted by Gasteiger charge is 2.44. The third-order valence-electron chi connectivity index (χ3n) is 6.14. The van der Waals surface area contributed by atoms with Crippen molar-refractivity contribution in [1.29, 1.82) is 0 Å². The minimum absolute atomic E-state index is 0.0636. The number of fused-ring (bicyclic) bond motifs is 1. The topological polar surface area (TPSA) is 77.0 Å². The summed E-state index contributed by atoms with van der Waals surface area (Å²) in [5, 5.41) is 17.6. The first-order valence-corrected chi connectivity index (χ1v) is 11.7. The van der Waals surface area contributed by atoms with Crippen LogP contribution in [0.3, 0.4) is 0 Å².